The minimum atomic E-state index is -0.451. The standard InChI is InChI=1S/C11H12O5/c1-5-6-4-16-11(13)7(6)9(14-2)10(15-3)8(5)12/h12H,4H2,1-3H3. The predicted octanol–water partition coefficient (Wildman–Crippen LogP) is 1.39. The number of phenols is 1. The minimum Gasteiger partial charge on any atom is -0.504 e. The Hall–Kier alpha value is -1.91. The SMILES string of the molecule is COc1c(O)c(C)c2c(c1OC)C(=O)OC2. The number of methoxy groups -OCH3 is 2. The van der Waals surface area contributed by atoms with E-state index in [4.69, 9.17) is 14.2 Å². The maximum Gasteiger partial charge on any atom is 0.342 e. The first-order chi connectivity index (χ1) is 7.61. The van der Waals surface area contributed by atoms with Crippen molar-refractivity contribution in [1.82, 2.24) is 0 Å². The van der Waals surface area contributed by atoms with Crippen LogP contribution in [0.5, 0.6) is 17.2 Å². The molecule has 5 nitrogen and oxygen atoms in total. The van der Waals surface area contributed by atoms with E-state index in [0.29, 0.717) is 16.7 Å². The molecule has 0 saturated heterocycles. The van der Waals surface area contributed by atoms with Crippen LogP contribution < -0.4 is 9.47 Å². The number of phenolic OH excluding ortho intramolecular Hbond substituents is 1. The monoisotopic (exact) mass is 224 g/mol. The van der Waals surface area contributed by atoms with Gasteiger partial charge in [-0.3, -0.25) is 0 Å². The van der Waals surface area contributed by atoms with Crippen LogP contribution in [0.2, 0.25) is 0 Å². The van der Waals surface area contributed by atoms with Gasteiger partial charge in [-0.15, -0.1) is 0 Å². The Morgan fingerprint density at radius 2 is 1.88 bits per heavy atom. The second kappa shape index (κ2) is 3.59. The van der Waals surface area contributed by atoms with Crippen molar-refractivity contribution in [2.24, 2.45) is 0 Å². The quantitative estimate of drug-likeness (QED) is 0.769. The first-order valence-corrected chi connectivity index (χ1v) is 4.75. The molecule has 0 aliphatic carbocycles. The number of fused-ring (bicyclic) bond motifs is 1. The van der Waals surface area contributed by atoms with Crippen molar-refractivity contribution in [3.05, 3.63) is 16.7 Å². The predicted molar refractivity (Wildman–Crippen MR) is 55.1 cm³/mol. The molecule has 0 atom stereocenters. The number of hydrogen-bond donors (Lipinski definition) is 1. The summed E-state index contributed by atoms with van der Waals surface area (Å²) in [4.78, 5) is 11.5. The molecular formula is C11H12O5. The second-order valence-corrected chi connectivity index (χ2v) is 3.47. The van der Waals surface area contributed by atoms with Gasteiger partial charge in [0.1, 0.15) is 12.2 Å². The van der Waals surface area contributed by atoms with Gasteiger partial charge >= 0.3 is 5.97 Å². The van der Waals surface area contributed by atoms with Crippen molar-refractivity contribution in [2.75, 3.05) is 14.2 Å². The number of aromatic hydroxyl groups is 1. The average Bonchev–Trinajstić information content (AvgIpc) is 2.66. The molecule has 0 radical (unpaired) electrons. The molecule has 5 heteroatoms. The first kappa shape index (κ1) is 10.6. The Labute approximate surface area is 92.5 Å². The van der Waals surface area contributed by atoms with E-state index in [1.165, 1.54) is 14.2 Å². The Morgan fingerprint density at radius 1 is 1.25 bits per heavy atom. The third kappa shape index (κ3) is 1.21. The van der Waals surface area contributed by atoms with Crippen molar-refractivity contribution < 1.29 is 24.1 Å². The van der Waals surface area contributed by atoms with Crippen LogP contribution in [0.3, 0.4) is 0 Å². The Bertz CT molecular complexity index is 464. The maximum absolute atomic E-state index is 11.5. The highest BCUT2D eigenvalue weighted by atomic mass is 16.5. The maximum atomic E-state index is 11.5. The molecule has 0 spiro atoms. The van der Waals surface area contributed by atoms with Crippen molar-refractivity contribution in [2.45, 2.75) is 13.5 Å². The minimum absolute atomic E-state index is 0.0172. The summed E-state index contributed by atoms with van der Waals surface area (Å²) in [5.41, 5.74) is 1.58. The third-order valence-electron chi connectivity index (χ3n) is 2.72. The first-order valence-electron chi connectivity index (χ1n) is 4.75. The zero-order valence-corrected chi connectivity index (χ0v) is 9.29. The highest BCUT2D eigenvalue weighted by Gasteiger charge is 2.33. The van der Waals surface area contributed by atoms with Crippen LogP contribution in [-0.4, -0.2) is 25.3 Å². The molecular weight excluding hydrogens is 212 g/mol. The summed E-state index contributed by atoms with van der Waals surface area (Å²) in [6.07, 6.45) is 0. The van der Waals surface area contributed by atoms with E-state index >= 15 is 0 Å². The molecule has 1 heterocycles. The summed E-state index contributed by atoms with van der Waals surface area (Å²) in [6, 6.07) is 0. The number of benzene rings is 1. The largest absolute Gasteiger partial charge is 0.504 e. The van der Waals surface area contributed by atoms with Crippen LogP contribution >= 0.6 is 0 Å². The molecule has 86 valence electrons. The smallest absolute Gasteiger partial charge is 0.342 e. The van der Waals surface area contributed by atoms with E-state index in [0.717, 1.165) is 0 Å². The van der Waals surface area contributed by atoms with E-state index in [2.05, 4.69) is 0 Å². The lowest BCUT2D eigenvalue weighted by Gasteiger charge is -2.14. The summed E-state index contributed by atoms with van der Waals surface area (Å²) in [7, 11) is 2.82. The second-order valence-electron chi connectivity index (χ2n) is 3.47. The molecule has 1 aromatic rings. The molecule has 0 unspecified atom stereocenters. The van der Waals surface area contributed by atoms with Gasteiger partial charge in [0.05, 0.1) is 14.2 Å². The van der Waals surface area contributed by atoms with Gasteiger partial charge < -0.3 is 19.3 Å². The van der Waals surface area contributed by atoms with Gasteiger partial charge in [0.25, 0.3) is 0 Å². The van der Waals surface area contributed by atoms with Crippen LogP contribution in [0.15, 0.2) is 0 Å². The van der Waals surface area contributed by atoms with Gasteiger partial charge in [-0.25, -0.2) is 4.79 Å². The zero-order chi connectivity index (χ0) is 11.9. The van der Waals surface area contributed by atoms with E-state index in [1.807, 2.05) is 0 Å². The Kier molecular flexibility index (Phi) is 2.38. The summed E-state index contributed by atoms with van der Waals surface area (Å²) < 4.78 is 15.1. The molecule has 0 bridgehead atoms. The lowest BCUT2D eigenvalue weighted by molar-refractivity contribution is 0.0532. The number of carbonyl (C=O) groups is 1. The van der Waals surface area contributed by atoms with Gasteiger partial charge in [-0.05, 0) is 6.92 Å². The van der Waals surface area contributed by atoms with Crippen molar-refractivity contribution >= 4 is 5.97 Å². The Balaban J connectivity index is 2.81. The molecule has 0 aromatic heterocycles. The molecule has 0 saturated carbocycles. The molecule has 1 aliphatic heterocycles. The van der Waals surface area contributed by atoms with Crippen LogP contribution in [0, 0.1) is 6.92 Å². The average molecular weight is 224 g/mol. The summed E-state index contributed by atoms with van der Waals surface area (Å²) >= 11 is 0. The topological polar surface area (TPSA) is 65.0 Å². The molecule has 2 rings (SSSR count). The van der Waals surface area contributed by atoms with Gasteiger partial charge in [0.15, 0.2) is 11.5 Å². The number of ether oxygens (including phenoxy) is 3. The van der Waals surface area contributed by atoms with Crippen molar-refractivity contribution in [1.29, 1.82) is 0 Å². The summed E-state index contributed by atoms with van der Waals surface area (Å²) in [6.45, 7) is 1.87. The van der Waals surface area contributed by atoms with E-state index in [1.54, 1.807) is 6.92 Å². The number of esters is 1. The fraction of sp³-hybridized carbons (Fsp3) is 0.364. The van der Waals surface area contributed by atoms with Gasteiger partial charge in [0, 0.05) is 11.1 Å². The lowest BCUT2D eigenvalue weighted by atomic mass is 10.0. The number of rotatable bonds is 2. The fourth-order valence-corrected chi connectivity index (χ4v) is 1.85. The number of hydrogen-bond acceptors (Lipinski definition) is 5. The molecule has 16 heavy (non-hydrogen) atoms. The van der Waals surface area contributed by atoms with Crippen molar-refractivity contribution in [3.8, 4) is 17.2 Å². The van der Waals surface area contributed by atoms with Crippen molar-refractivity contribution in [3.63, 3.8) is 0 Å². The van der Waals surface area contributed by atoms with Crippen LogP contribution in [0.25, 0.3) is 0 Å². The third-order valence-corrected chi connectivity index (χ3v) is 2.72. The van der Waals surface area contributed by atoms with Gasteiger partial charge in [0.2, 0.25) is 5.75 Å². The lowest BCUT2D eigenvalue weighted by Crippen LogP contribution is -2.02. The highest BCUT2D eigenvalue weighted by Crippen LogP contribution is 2.46. The highest BCUT2D eigenvalue weighted by molar-refractivity contribution is 5.98. The number of carbonyl (C=O) groups excluding carboxylic acids is 1. The summed E-state index contributed by atoms with van der Waals surface area (Å²) in [5, 5.41) is 9.89. The molecule has 0 amide bonds. The fourth-order valence-electron chi connectivity index (χ4n) is 1.85. The molecule has 0 fully saturated rings. The zero-order valence-electron chi connectivity index (χ0n) is 9.29. The van der Waals surface area contributed by atoms with Gasteiger partial charge in [-0.2, -0.15) is 0 Å². The van der Waals surface area contributed by atoms with Crippen LogP contribution in [0.1, 0.15) is 21.5 Å². The normalized spacial score (nSPS) is 13.3. The summed E-state index contributed by atoms with van der Waals surface area (Å²) in [5.74, 6) is -0.0784. The van der Waals surface area contributed by atoms with E-state index in [-0.39, 0.29) is 23.9 Å². The van der Waals surface area contributed by atoms with Crippen LogP contribution in [-0.2, 0) is 11.3 Å². The molecule has 1 N–H and O–H groups in total. The molecule has 1 aromatic carbocycles. The van der Waals surface area contributed by atoms with Gasteiger partial charge in [-0.1, -0.05) is 0 Å². The number of cyclic esters (lactones) is 1. The van der Waals surface area contributed by atoms with Crippen LogP contribution in [0.4, 0.5) is 0 Å². The Morgan fingerprint density at radius 3 is 2.44 bits per heavy atom. The van der Waals surface area contributed by atoms with E-state index < -0.39 is 5.97 Å². The molecule has 1 aliphatic rings. The van der Waals surface area contributed by atoms with E-state index in [9.17, 15) is 9.90 Å².